The first-order valence-electron chi connectivity index (χ1n) is 3.73. The number of allylic oxidation sites excluding steroid dienone is 1. The Morgan fingerprint density at radius 2 is 2.45 bits per heavy atom. The van der Waals surface area contributed by atoms with Crippen LogP contribution in [0.3, 0.4) is 0 Å². The number of hydrogen-bond acceptors (Lipinski definition) is 2. The van der Waals surface area contributed by atoms with Gasteiger partial charge < -0.3 is 0 Å². The second kappa shape index (κ2) is 5.67. The van der Waals surface area contributed by atoms with E-state index in [0.717, 1.165) is 12.8 Å². The van der Waals surface area contributed by atoms with Crippen LogP contribution in [0.5, 0.6) is 0 Å². The molecule has 11 heavy (non-hydrogen) atoms. The summed E-state index contributed by atoms with van der Waals surface area (Å²) < 4.78 is 0. The number of ketones is 1. The topological polar surface area (TPSA) is 40.9 Å². The van der Waals surface area contributed by atoms with Crippen LogP contribution in [-0.2, 0) is 4.79 Å². The number of Topliss-reactive ketones (excluding diaryl/α,β-unsaturated/α-hetero) is 1. The Morgan fingerprint density at radius 1 is 1.82 bits per heavy atom. The predicted molar refractivity (Wildman–Crippen MR) is 43.8 cm³/mol. The van der Waals surface area contributed by atoms with Gasteiger partial charge >= 0.3 is 0 Å². The van der Waals surface area contributed by atoms with Crippen molar-refractivity contribution in [2.24, 2.45) is 5.92 Å². The average Bonchev–Trinajstić information content (AvgIpc) is 1.97. The highest BCUT2D eigenvalue weighted by Crippen LogP contribution is 2.08. The lowest BCUT2D eigenvalue weighted by molar-refractivity contribution is -0.119. The van der Waals surface area contributed by atoms with Crippen LogP contribution in [0.4, 0.5) is 0 Å². The minimum absolute atomic E-state index is 0.0310. The molecule has 0 bridgehead atoms. The first-order chi connectivity index (χ1) is 5.22. The Morgan fingerprint density at radius 3 is 2.82 bits per heavy atom. The Hall–Kier alpha value is -1.10. The van der Waals surface area contributed by atoms with E-state index in [1.54, 1.807) is 6.08 Å². The summed E-state index contributed by atoms with van der Waals surface area (Å²) in [5.41, 5.74) is 0. The molecule has 0 rings (SSSR count). The van der Waals surface area contributed by atoms with Gasteiger partial charge in [0.15, 0.2) is 0 Å². The maximum atomic E-state index is 10.7. The molecular weight excluding hydrogens is 138 g/mol. The van der Waals surface area contributed by atoms with Gasteiger partial charge in [-0.15, -0.1) is 6.58 Å². The SMILES string of the molecule is C=CCCCC(C#N)C(C)=O. The highest BCUT2D eigenvalue weighted by Gasteiger charge is 2.10. The molecule has 0 aromatic heterocycles. The van der Waals surface area contributed by atoms with Crippen LogP contribution >= 0.6 is 0 Å². The molecule has 1 unspecified atom stereocenters. The number of carbonyl (C=O) groups is 1. The van der Waals surface area contributed by atoms with Gasteiger partial charge in [0.1, 0.15) is 11.7 Å². The summed E-state index contributed by atoms with van der Waals surface area (Å²) in [5.74, 6) is -0.438. The van der Waals surface area contributed by atoms with E-state index in [2.05, 4.69) is 6.58 Å². The number of nitriles is 1. The summed E-state index contributed by atoms with van der Waals surface area (Å²) in [5, 5.41) is 8.50. The van der Waals surface area contributed by atoms with E-state index in [9.17, 15) is 4.79 Å². The Kier molecular flexibility index (Phi) is 5.10. The molecule has 2 heteroatoms. The maximum absolute atomic E-state index is 10.7. The molecule has 0 aliphatic heterocycles. The normalized spacial score (nSPS) is 11.6. The third-order valence-electron chi connectivity index (χ3n) is 1.55. The number of nitrogens with zero attached hydrogens (tertiary/aromatic N) is 1. The van der Waals surface area contributed by atoms with Crippen molar-refractivity contribution in [3.8, 4) is 6.07 Å². The zero-order chi connectivity index (χ0) is 8.69. The van der Waals surface area contributed by atoms with Gasteiger partial charge in [-0.3, -0.25) is 4.79 Å². The van der Waals surface area contributed by atoms with Crippen molar-refractivity contribution < 1.29 is 4.79 Å². The van der Waals surface area contributed by atoms with Crippen molar-refractivity contribution in [2.75, 3.05) is 0 Å². The zero-order valence-corrected chi connectivity index (χ0v) is 6.84. The molecule has 0 radical (unpaired) electrons. The van der Waals surface area contributed by atoms with E-state index in [1.165, 1.54) is 6.92 Å². The average molecular weight is 151 g/mol. The van der Waals surface area contributed by atoms with Gasteiger partial charge in [0.2, 0.25) is 0 Å². The molecule has 0 heterocycles. The van der Waals surface area contributed by atoms with E-state index in [1.807, 2.05) is 6.07 Å². The third-order valence-corrected chi connectivity index (χ3v) is 1.55. The van der Waals surface area contributed by atoms with Crippen molar-refractivity contribution in [1.29, 1.82) is 5.26 Å². The van der Waals surface area contributed by atoms with Crippen LogP contribution in [0, 0.1) is 17.2 Å². The summed E-state index contributed by atoms with van der Waals surface area (Å²) in [4.78, 5) is 10.7. The molecule has 1 atom stereocenters. The second-order valence-corrected chi connectivity index (χ2v) is 2.51. The monoisotopic (exact) mass is 151 g/mol. The van der Waals surface area contributed by atoms with Gasteiger partial charge in [-0.05, 0) is 26.2 Å². The van der Waals surface area contributed by atoms with Gasteiger partial charge in [-0.1, -0.05) is 6.08 Å². The fourth-order valence-corrected chi connectivity index (χ4v) is 0.825. The van der Waals surface area contributed by atoms with E-state index < -0.39 is 5.92 Å². The van der Waals surface area contributed by atoms with Crippen molar-refractivity contribution in [3.63, 3.8) is 0 Å². The van der Waals surface area contributed by atoms with Crippen molar-refractivity contribution in [2.45, 2.75) is 26.2 Å². The summed E-state index contributed by atoms with van der Waals surface area (Å²) in [7, 11) is 0. The molecule has 0 spiro atoms. The molecule has 0 aliphatic carbocycles. The van der Waals surface area contributed by atoms with Crippen LogP contribution in [-0.4, -0.2) is 5.78 Å². The van der Waals surface area contributed by atoms with Crippen LogP contribution in [0.15, 0.2) is 12.7 Å². The van der Waals surface area contributed by atoms with Gasteiger partial charge in [0, 0.05) is 0 Å². The lowest BCUT2D eigenvalue weighted by Gasteiger charge is -2.01. The summed E-state index contributed by atoms with van der Waals surface area (Å²) >= 11 is 0. The Balaban J connectivity index is 3.63. The Labute approximate surface area is 67.5 Å². The van der Waals surface area contributed by atoms with E-state index in [-0.39, 0.29) is 5.78 Å². The van der Waals surface area contributed by atoms with Crippen molar-refractivity contribution in [3.05, 3.63) is 12.7 Å². The van der Waals surface area contributed by atoms with Gasteiger partial charge in [-0.2, -0.15) is 5.26 Å². The number of hydrogen-bond donors (Lipinski definition) is 0. The van der Waals surface area contributed by atoms with Gasteiger partial charge in [0.05, 0.1) is 6.07 Å². The summed E-state index contributed by atoms with van der Waals surface area (Å²) in [6.07, 6.45) is 4.22. The molecule has 0 aromatic carbocycles. The molecule has 0 aliphatic rings. The van der Waals surface area contributed by atoms with E-state index in [4.69, 9.17) is 5.26 Å². The summed E-state index contributed by atoms with van der Waals surface area (Å²) in [6, 6.07) is 1.98. The number of carbonyl (C=O) groups excluding carboxylic acids is 1. The Bertz CT molecular complexity index is 178. The molecular formula is C9H13NO. The molecule has 0 fully saturated rings. The molecule has 2 nitrogen and oxygen atoms in total. The van der Waals surface area contributed by atoms with E-state index in [0.29, 0.717) is 6.42 Å². The second-order valence-electron chi connectivity index (χ2n) is 2.51. The van der Waals surface area contributed by atoms with Gasteiger partial charge in [0.25, 0.3) is 0 Å². The van der Waals surface area contributed by atoms with Gasteiger partial charge in [-0.25, -0.2) is 0 Å². The predicted octanol–water partition coefficient (Wildman–Crippen LogP) is 2.07. The van der Waals surface area contributed by atoms with Crippen LogP contribution in [0.2, 0.25) is 0 Å². The minimum atomic E-state index is -0.407. The molecule has 0 N–H and O–H groups in total. The lowest BCUT2D eigenvalue weighted by atomic mass is 10.00. The van der Waals surface area contributed by atoms with Crippen LogP contribution in [0.1, 0.15) is 26.2 Å². The quantitative estimate of drug-likeness (QED) is 0.446. The molecule has 0 saturated carbocycles. The smallest absolute Gasteiger partial charge is 0.146 e. The molecule has 0 aromatic rings. The number of rotatable bonds is 5. The van der Waals surface area contributed by atoms with Crippen LogP contribution < -0.4 is 0 Å². The first-order valence-corrected chi connectivity index (χ1v) is 3.73. The van der Waals surface area contributed by atoms with Crippen molar-refractivity contribution in [1.82, 2.24) is 0 Å². The van der Waals surface area contributed by atoms with E-state index >= 15 is 0 Å². The molecule has 0 amide bonds. The molecule has 60 valence electrons. The maximum Gasteiger partial charge on any atom is 0.146 e. The fraction of sp³-hybridized carbons (Fsp3) is 0.556. The highest BCUT2D eigenvalue weighted by molar-refractivity contribution is 5.80. The number of unbranched alkanes of at least 4 members (excludes halogenated alkanes) is 1. The third kappa shape index (κ3) is 4.32. The zero-order valence-electron chi connectivity index (χ0n) is 6.84. The summed E-state index contributed by atoms with van der Waals surface area (Å²) in [6.45, 7) is 5.02. The fourth-order valence-electron chi connectivity index (χ4n) is 0.825. The highest BCUT2D eigenvalue weighted by atomic mass is 16.1. The largest absolute Gasteiger partial charge is 0.299 e. The first kappa shape index (κ1) is 9.90. The minimum Gasteiger partial charge on any atom is -0.299 e. The standard InChI is InChI=1S/C9H13NO/c1-3-4-5-6-9(7-10)8(2)11/h3,9H,1,4-6H2,2H3. The lowest BCUT2D eigenvalue weighted by Crippen LogP contribution is -2.07. The van der Waals surface area contributed by atoms with Crippen molar-refractivity contribution >= 4 is 5.78 Å². The molecule has 0 saturated heterocycles. The van der Waals surface area contributed by atoms with Crippen LogP contribution in [0.25, 0.3) is 0 Å².